The van der Waals surface area contributed by atoms with Crippen molar-refractivity contribution in [2.45, 2.75) is 52.2 Å². The molecular weight excluding hydrogens is 370 g/mol. The van der Waals surface area contributed by atoms with E-state index in [1.54, 1.807) is 10.8 Å². The number of pyridine rings is 1. The fourth-order valence-corrected chi connectivity index (χ4v) is 3.12. The summed E-state index contributed by atoms with van der Waals surface area (Å²) in [5, 5.41) is 0.932. The third-order valence-corrected chi connectivity index (χ3v) is 4.22. The summed E-state index contributed by atoms with van der Waals surface area (Å²) in [6.07, 6.45) is 3.41. The zero-order valence-corrected chi connectivity index (χ0v) is 16.8. The highest BCUT2D eigenvalue weighted by Crippen LogP contribution is 2.31. The molecule has 6 heteroatoms. The Morgan fingerprint density at radius 3 is 2.58 bits per heavy atom. The van der Waals surface area contributed by atoms with Gasteiger partial charge in [-0.15, -0.1) is 0 Å². The molecule has 2 heterocycles. The molecule has 0 N–H and O–H groups in total. The van der Waals surface area contributed by atoms with E-state index in [1.807, 2.05) is 47.0 Å². The van der Waals surface area contributed by atoms with E-state index in [9.17, 15) is 4.79 Å². The maximum atomic E-state index is 12.9. The summed E-state index contributed by atoms with van der Waals surface area (Å²) in [6.45, 7) is 7.78. The van der Waals surface area contributed by atoms with Crippen LogP contribution in [0, 0.1) is 0 Å². The molecule has 2 aromatic rings. The van der Waals surface area contributed by atoms with Crippen molar-refractivity contribution in [2.75, 3.05) is 14.1 Å². The van der Waals surface area contributed by atoms with Crippen LogP contribution in [-0.4, -0.2) is 40.2 Å². The molecule has 0 aliphatic heterocycles. The first kappa shape index (κ1) is 18.9. The summed E-state index contributed by atoms with van der Waals surface area (Å²) < 4.78 is 8.03. The van der Waals surface area contributed by atoms with Gasteiger partial charge in [0, 0.05) is 17.3 Å². The number of aromatic nitrogens is 2. The maximum Gasteiger partial charge on any atom is 0.419 e. The number of hydrogen-bond acceptors (Lipinski definition) is 4. The molecule has 132 valence electrons. The molecular formula is C18H26BrN3O2. The van der Waals surface area contributed by atoms with Gasteiger partial charge in [0.2, 0.25) is 0 Å². The smallest absolute Gasteiger partial charge is 0.419 e. The number of hydrogen-bond donors (Lipinski definition) is 0. The lowest BCUT2D eigenvalue weighted by molar-refractivity contribution is 0.0533. The van der Waals surface area contributed by atoms with Crippen molar-refractivity contribution in [3.05, 3.63) is 28.6 Å². The molecule has 0 aliphatic carbocycles. The third-order valence-electron chi connectivity index (χ3n) is 3.78. The Morgan fingerprint density at radius 2 is 2.04 bits per heavy atom. The summed E-state index contributed by atoms with van der Waals surface area (Å²) in [5.74, 6) is 0. The fraction of sp³-hybridized carbons (Fsp3) is 0.556. The van der Waals surface area contributed by atoms with E-state index in [2.05, 4.69) is 32.7 Å². The molecule has 2 rings (SSSR count). The summed E-state index contributed by atoms with van der Waals surface area (Å²) in [7, 11) is 4.07. The predicted octanol–water partition coefficient (Wildman–Crippen LogP) is 4.98. The van der Waals surface area contributed by atoms with Gasteiger partial charge in [-0.3, -0.25) is 0 Å². The number of carbonyl (C=O) groups excluding carboxylic acids is 1. The number of nitrogens with zero attached hydrogens (tertiary/aromatic N) is 3. The molecule has 0 bridgehead atoms. The Hall–Kier alpha value is -1.40. The fourth-order valence-electron chi connectivity index (χ4n) is 2.80. The van der Waals surface area contributed by atoms with Crippen LogP contribution in [-0.2, 0) is 4.74 Å². The summed E-state index contributed by atoms with van der Waals surface area (Å²) >= 11 is 3.40. The minimum absolute atomic E-state index is 0.133. The lowest BCUT2D eigenvalue weighted by atomic mass is 10.1. The van der Waals surface area contributed by atoms with E-state index in [-0.39, 0.29) is 12.1 Å². The molecule has 0 saturated heterocycles. The van der Waals surface area contributed by atoms with Crippen molar-refractivity contribution in [1.82, 2.24) is 14.5 Å². The maximum absolute atomic E-state index is 12.9. The summed E-state index contributed by atoms with van der Waals surface area (Å²) in [5.41, 5.74) is 1.20. The summed E-state index contributed by atoms with van der Waals surface area (Å²) in [6, 6.07) is 4.04. The molecule has 0 spiro atoms. The van der Waals surface area contributed by atoms with Crippen LogP contribution in [0.3, 0.4) is 0 Å². The minimum Gasteiger partial charge on any atom is -0.443 e. The molecule has 2 aromatic heterocycles. The Kier molecular flexibility index (Phi) is 5.71. The average molecular weight is 396 g/mol. The van der Waals surface area contributed by atoms with Gasteiger partial charge in [-0.05, 0) is 69.4 Å². The Bertz CT molecular complexity index is 732. The van der Waals surface area contributed by atoms with Gasteiger partial charge < -0.3 is 9.64 Å². The second kappa shape index (κ2) is 7.23. The second-order valence-corrected chi connectivity index (χ2v) is 8.03. The van der Waals surface area contributed by atoms with Crippen LogP contribution < -0.4 is 0 Å². The highest BCUT2D eigenvalue weighted by atomic mass is 79.9. The zero-order chi connectivity index (χ0) is 18.1. The van der Waals surface area contributed by atoms with Crippen LogP contribution in [0.25, 0.3) is 10.9 Å². The minimum atomic E-state index is -0.548. The number of halogens is 1. The number of fused-ring (bicyclic) bond motifs is 1. The van der Waals surface area contributed by atoms with Gasteiger partial charge in [0.1, 0.15) is 10.2 Å². The van der Waals surface area contributed by atoms with E-state index in [0.29, 0.717) is 4.60 Å². The lowest BCUT2D eigenvalue weighted by Crippen LogP contribution is -2.30. The standard InChI is InChI=1S/C18H26BrN3O2/c1-7-8-13(21(5)6)15-9-12-11-20-16(19)10-14(12)22(15)17(23)24-18(2,3)4/h9-11,13H,7-8H2,1-6H3. The molecule has 0 saturated carbocycles. The highest BCUT2D eigenvalue weighted by molar-refractivity contribution is 9.10. The van der Waals surface area contributed by atoms with Gasteiger partial charge in [0.05, 0.1) is 11.6 Å². The molecule has 24 heavy (non-hydrogen) atoms. The van der Waals surface area contributed by atoms with Crippen molar-refractivity contribution in [3.63, 3.8) is 0 Å². The van der Waals surface area contributed by atoms with Crippen LogP contribution in [0.5, 0.6) is 0 Å². The van der Waals surface area contributed by atoms with Crippen LogP contribution in [0.2, 0.25) is 0 Å². The first-order valence-corrected chi connectivity index (χ1v) is 9.00. The van der Waals surface area contributed by atoms with E-state index in [0.717, 1.165) is 29.4 Å². The van der Waals surface area contributed by atoms with Gasteiger partial charge >= 0.3 is 6.09 Å². The Balaban J connectivity index is 2.65. The van der Waals surface area contributed by atoms with E-state index in [1.165, 1.54) is 0 Å². The van der Waals surface area contributed by atoms with Crippen LogP contribution >= 0.6 is 15.9 Å². The molecule has 5 nitrogen and oxygen atoms in total. The van der Waals surface area contributed by atoms with Crippen molar-refractivity contribution in [2.24, 2.45) is 0 Å². The number of ether oxygens (including phenoxy) is 1. The molecule has 0 aromatic carbocycles. The SMILES string of the molecule is CCCC(c1cc2cnc(Br)cc2n1C(=O)OC(C)(C)C)N(C)C. The van der Waals surface area contributed by atoms with Crippen molar-refractivity contribution < 1.29 is 9.53 Å². The van der Waals surface area contributed by atoms with Gasteiger partial charge in [-0.1, -0.05) is 13.3 Å². The number of carbonyl (C=O) groups is 1. The van der Waals surface area contributed by atoms with Crippen molar-refractivity contribution in [3.8, 4) is 0 Å². The lowest BCUT2D eigenvalue weighted by Gasteiger charge is -2.26. The second-order valence-electron chi connectivity index (χ2n) is 7.22. The van der Waals surface area contributed by atoms with Crippen molar-refractivity contribution in [1.29, 1.82) is 0 Å². The van der Waals surface area contributed by atoms with Gasteiger partial charge in [0.15, 0.2) is 0 Å². The van der Waals surface area contributed by atoms with Gasteiger partial charge in [0.25, 0.3) is 0 Å². The van der Waals surface area contributed by atoms with Crippen LogP contribution in [0.1, 0.15) is 52.3 Å². The number of rotatable bonds is 4. The topological polar surface area (TPSA) is 47.4 Å². The van der Waals surface area contributed by atoms with Gasteiger partial charge in [-0.25, -0.2) is 14.3 Å². The zero-order valence-electron chi connectivity index (χ0n) is 15.3. The van der Waals surface area contributed by atoms with Gasteiger partial charge in [-0.2, -0.15) is 0 Å². The van der Waals surface area contributed by atoms with E-state index >= 15 is 0 Å². The summed E-state index contributed by atoms with van der Waals surface area (Å²) in [4.78, 5) is 19.3. The average Bonchev–Trinajstić information content (AvgIpc) is 2.80. The molecule has 1 atom stereocenters. The van der Waals surface area contributed by atoms with Crippen molar-refractivity contribution >= 4 is 32.9 Å². The molecule has 1 unspecified atom stereocenters. The first-order valence-electron chi connectivity index (χ1n) is 8.20. The normalized spacial score (nSPS) is 13.5. The van der Waals surface area contributed by atoms with E-state index in [4.69, 9.17) is 4.74 Å². The third kappa shape index (κ3) is 4.16. The first-order chi connectivity index (χ1) is 11.1. The largest absolute Gasteiger partial charge is 0.443 e. The Labute approximate surface area is 152 Å². The molecule has 0 fully saturated rings. The molecule has 0 aliphatic rings. The Morgan fingerprint density at radius 1 is 1.38 bits per heavy atom. The molecule has 0 radical (unpaired) electrons. The van der Waals surface area contributed by atoms with E-state index < -0.39 is 5.60 Å². The van der Waals surface area contributed by atoms with Crippen LogP contribution in [0.4, 0.5) is 4.79 Å². The van der Waals surface area contributed by atoms with Crippen LogP contribution in [0.15, 0.2) is 22.9 Å². The predicted molar refractivity (Wildman–Crippen MR) is 100 cm³/mol. The highest BCUT2D eigenvalue weighted by Gasteiger charge is 2.26. The monoisotopic (exact) mass is 395 g/mol. The molecule has 0 amide bonds. The quantitative estimate of drug-likeness (QED) is 0.684.